The fourth-order valence-electron chi connectivity index (χ4n) is 2.05. The molecule has 0 aliphatic rings. The molecule has 4 nitrogen and oxygen atoms in total. The zero-order chi connectivity index (χ0) is 15.3. The summed E-state index contributed by atoms with van der Waals surface area (Å²) in [5.41, 5.74) is 0. The van der Waals surface area contributed by atoms with Crippen molar-refractivity contribution in [3.8, 4) is 0 Å². The van der Waals surface area contributed by atoms with E-state index in [-0.39, 0.29) is 6.04 Å². The van der Waals surface area contributed by atoms with Gasteiger partial charge in [0.1, 0.15) is 4.21 Å². The van der Waals surface area contributed by atoms with E-state index in [1.54, 1.807) is 24.6 Å². The van der Waals surface area contributed by atoms with Gasteiger partial charge in [0.25, 0.3) is 10.0 Å². The van der Waals surface area contributed by atoms with E-state index in [1.807, 2.05) is 0 Å². The smallest absolute Gasteiger partial charge is 0.252 e. The van der Waals surface area contributed by atoms with Crippen LogP contribution in [0.4, 0.5) is 0 Å². The molecule has 0 aliphatic heterocycles. The maximum Gasteiger partial charge on any atom is 0.252 e. The molecule has 1 rings (SSSR count). The zero-order valence-corrected chi connectivity index (χ0v) is 14.6. The molecule has 1 heterocycles. The van der Waals surface area contributed by atoms with Gasteiger partial charge < -0.3 is 5.32 Å². The molecule has 0 saturated heterocycles. The Hall–Kier alpha value is -0.430. The van der Waals surface area contributed by atoms with Crippen molar-refractivity contribution in [1.82, 2.24) is 9.62 Å². The number of likely N-dealkylation sites (N-methyl/N-ethyl adjacent to an activating group) is 1. The summed E-state index contributed by atoms with van der Waals surface area (Å²) in [5.74, 6) is 0.429. The van der Waals surface area contributed by atoms with Crippen LogP contribution in [0.15, 0.2) is 21.7 Å². The Morgan fingerprint density at radius 3 is 2.45 bits per heavy atom. The van der Waals surface area contributed by atoms with Crippen molar-refractivity contribution in [1.29, 1.82) is 0 Å². The van der Waals surface area contributed by atoms with Crippen LogP contribution in [0.5, 0.6) is 0 Å². The summed E-state index contributed by atoms with van der Waals surface area (Å²) >= 11 is 1.26. The van der Waals surface area contributed by atoms with Crippen LogP contribution in [-0.4, -0.2) is 38.4 Å². The molecule has 2 atom stereocenters. The third kappa shape index (κ3) is 4.55. The predicted octanol–water partition coefficient (Wildman–Crippen LogP) is 2.78. The lowest BCUT2D eigenvalue weighted by Gasteiger charge is -2.30. The summed E-state index contributed by atoms with van der Waals surface area (Å²) in [6.07, 6.45) is 1.03. The van der Waals surface area contributed by atoms with E-state index in [0.29, 0.717) is 22.7 Å². The maximum atomic E-state index is 12.4. The van der Waals surface area contributed by atoms with Gasteiger partial charge in [0, 0.05) is 25.7 Å². The van der Waals surface area contributed by atoms with Crippen molar-refractivity contribution < 1.29 is 8.42 Å². The van der Waals surface area contributed by atoms with Gasteiger partial charge in [-0.3, -0.25) is 0 Å². The molecular formula is C14H26N2O2S2. The van der Waals surface area contributed by atoms with Crippen molar-refractivity contribution in [2.24, 2.45) is 5.92 Å². The highest BCUT2D eigenvalue weighted by Gasteiger charge is 2.26. The van der Waals surface area contributed by atoms with Crippen LogP contribution in [0.2, 0.25) is 0 Å². The van der Waals surface area contributed by atoms with E-state index in [4.69, 9.17) is 0 Å². The summed E-state index contributed by atoms with van der Waals surface area (Å²) in [7, 11) is -1.70. The number of rotatable bonds is 8. The van der Waals surface area contributed by atoms with Gasteiger partial charge in [-0.1, -0.05) is 40.2 Å². The van der Waals surface area contributed by atoms with Crippen LogP contribution in [0.1, 0.15) is 34.1 Å². The molecule has 0 saturated carbocycles. The second-order valence-electron chi connectivity index (χ2n) is 5.53. The normalized spacial score (nSPS) is 15.8. The molecule has 0 aromatic carbocycles. The number of hydrogen-bond acceptors (Lipinski definition) is 4. The van der Waals surface area contributed by atoms with Crippen molar-refractivity contribution in [2.75, 3.05) is 13.6 Å². The first-order valence-corrected chi connectivity index (χ1v) is 9.36. The lowest BCUT2D eigenvalue weighted by Crippen LogP contribution is -2.47. The molecule has 1 aromatic rings. The van der Waals surface area contributed by atoms with E-state index in [2.05, 4.69) is 33.0 Å². The highest BCUT2D eigenvalue weighted by atomic mass is 32.2. The van der Waals surface area contributed by atoms with Gasteiger partial charge >= 0.3 is 0 Å². The third-order valence-corrected chi connectivity index (χ3v) is 6.69. The van der Waals surface area contributed by atoms with Gasteiger partial charge in [0.2, 0.25) is 0 Å². The standard InChI is InChI=1S/C14H26N2O2S2/c1-6-12(4)13(15-11(2)3)10-16(5)20(17,18)14-8-7-9-19-14/h7-9,11-13,15H,6,10H2,1-5H3/t12?,13-/m1/s1. The van der Waals surface area contributed by atoms with Crippen LogP contribution < -0.4 is 5.32 Å². The molecule has 0 bridgehead atoms. The molecular weight excluding hydrogens is 292 g/mol. The monoisotopic (exact) mass is 318 g/mol. The molecule has 0 spiro atoms. The Morgan fingerprint density at radius 2 is 2.00 bits per heavy atom. The minimum atomic E-state index is -3.36. The second kappa shape index (κ2) is 7.54. The number of nitrogens with zero attached hydrogens (tertiary/aromatic N) is 1. The van der Waals surface area contributed by atoms with Crippen LogP contribution in [-0.2, 0) is 10.0 Å². The Labute approximate surface area is 127 Å². The summed E-state index contributed by atoms with van der Waals surface area (Å²) in [5, 5.41) is 5.27. The lowest BCUT2D eigenvalue weighted by atomic mass is 9.98. The topological polar surface area (TPSA) is 49.4 Å². The van der Waals surface area contributed by atoms with E-state index in [9.17, 15) is 8.42 Å². The molecule has 116 valence electrons. The summed E-state index contributed by atoms with van der Waals surface area (Å²) in [4.78, 5) is 0. The first-order chi connectivity index (χ1) is 9.28. The highest BCUT2D eigenvalue weighted by Crippen LogP contribution is 2.21. The molecule has 1 unspecified atom stereocenters. The van der Waals surface area contributed by atoms with Crippen LogP contribution in [0.25, 0.3) is 0 Å². The summed E-state index contributed by atoms with van der Waals surface area (Å²) < 4.78 is 26.7. The average molecular weight is 319 g/mol. The van der Waals surface area contributed by atoms with Crippen molar-refractivity contribution in [3.05, 3.63) is 17.5 Å². The first-order valence-electron chi connectivity index (χ1n) is 7.04. The van der Waals surface area contributed by atoms with E-state index < -0.39 is 10.0 Å². The van der Waals surface area contributed by atoms with E-state index in [0.717, 1.165) is 6.42 Å². The van der Waals surface area contributed by atoms with Crippen molar-refractivity contribution in [2.45, 2.75) is 50.4 Å². The van der Waals surface area contributed by atoms with Crippen molar-refractivity contribution >= 4 is 21.4 Å². The Bertz CT molecular complexity index is 483. The van der Waals surface area contributed by atoms with Gasteiger partial charge in [0.15, 0.2) is 0 Å². The van der Waals surface area contributed by atoms with Gasteiger partial charge in [-0.25, -0.2) is 8.42 Å². The van der Waals surface area contributed by atoms with Crippen LogP contribution in [0.3, 0.4) is 0 Å². The fraction of sp³-hybridized carbons (Fsp3) is 0.714. The van der Waals surface area contributed by atoms with Gasteiger partial charge in [0.05, 0.1) is 0 Å². The third-order valence-electron chi connectivity index (χ3n) is 3.49. The molecule has 20 heavy (non-hydrogen) atoms. The largest absolute Gasteiger partial charge is 0.310 e. The van der Waals surface area contributed by atoms with Gasteiger partial charge in [-0.05, 0) is 17.4 Å². The number of sulfonamides is 1. The number of nitrogens with one attached hydrogen (secondary N) is 1. The van der Waals surface area contributed by atoms with Crippen molar-refractivity contribution in [3.63, 3.8) is 0 Å². The first kappa shape index (κ1) is 17.6. The zero-order valence-electron chi connectivity index (χ0n) is 13.0. The quantitative estimate of drug-likeness (QED) is 0.802. The lowest BCUT2D eigenvalue weighted by molar-refractivity contribution is 0.294. The van der Waals surface area contributed by atoms with E-state index >= 15 is 0 Å². The average Bonchev–Trinajstić information content (AvgIpc) is 2.90. The number of hydrogen-bond donors (Lipinski definition) is 1. The Balaban J connectivity index is 2.82. The molecule has 1 N–H and O–H groups in total. The molecule has 0 aliphatic carbocycles. The maximum absolute atomic E-state index is 12.4. The molecule has 1 aromatic heterocycles. The highest BCUT2D eigenvalue weighted by molar-refractivity contribution is 7.91. The van der Waals surface area contributed by atoms with Crippen LogP contribution in [0, 0.1) is 5.92 Å². The number of thiophene rings is 1. The summed E-state index contributed by atoms with van der Waals surface area (Å²) in [6.45, 7) is 8.96. The Kier molecular flexibility index (Phi) is 6.64. The molecule has 0 fully saturated rings. The minimum Gasteiger partial charge on any atom is -0.310 e. The van der Waals surface area contributed by atoms with Crippen LogP contribution >= 0.6 is 11.3 Å². The molecule has 0 amide bonds. The minimum absolute atomic E-state index is 0.166. The second-order valence-corrected chi connectivity index (χ2v) is 8.75. The molecule has 6 heteroatoms. The van der Waals surface area contributed by atoms with E-state index in [1.165, 1.54) is 15.6 Å². The fourth-order valence-corrected chi connectivity index (χ4v) is 4.45. The molecule has 0 radical (unpaired) electrons. The predicted molar refractivity (Wildman–Crippen MR) is 85.6 cm³/mol. The SMILES string of the molecule is CCC(C)[C@@H](CN(C)S(=O)(=O)c1cccs1)NC(C)C. The van der Waals surface area contributed by atoms with Gasteiger partial charge in [-0.2, -0.15) is 4.31 Å². The Morgan fingerprint density at radius 1 is 1.35 bits per heavy atom. The summed E-state index contributed by atoms with van der Waals surface area (Å²) in [6, 6.07) is 3.93. The van der Waals surface area contributed by atoms with Gasteiger partial charge in [-0.15, -0.1) is 11.3 Å².